The number of hydrogen-bond acceptors (Lipinski definition) is 3. The molecule has 1 aromatic carbocycles. The highest BCUT2D eigenvalue weighted by Crippen LogP contribution is 2.26. The van der Waals surface area contributed by atoms with Crippen LogP contribution < -0.4 is 10.9 Å². The molecule has 24 heavy (non-hydrogen) atoms. The number of aromatic nitrogens is 1. The van der Waals surface area contributed by atoms with E-state index in [0.29, 0.717) is 23.7 Å². The van der Waals surface area contributed by atoms with Gasteiger partial charge in [-0.25, -0.2) is 0 Å². The van der Waals surface area contributed by atoms with E-state index in [1.165, 1.54) is 10.6 Å². The third-order valence-corrected chi connectivity index (χ3v) is 4.79. The molecule has 1 heterocycles. The number of para-hydroxylation sites is 1. The van der Waals surface area contributed by atoms with E-state index in [0.717, 1.165) is 0 Å². The Bertz CT molecular complexity index is 835. The molecule has 2 aromatic rings. The summed E-state index contributed by atoms with van der Waals surface area (Å²) in [4.78, 5) is 36.2. The standard InChI is InChI=1S/C18H22N2O4/c1-4-18(5-2,17(23)24)11-19-16(22)13-10-15(21)20(3)14-9-7-6-8-12(13)14/h6-10H,4-5,11H2,1-3H3,(H,19,22)(H,23,24). The molecule has 0 aliphatic rings. The van der Waals surface area contributed by atoms with Crippen molar-refractivity contribution in [2.45, 2.75) is 26.7 Å². The molecule has 0 spiro atoms. The lowest BCUT2D eigenvalue weighted by Crippen LogP contribution is -2.42. The lowest BCUT2D eigenvalue weighted by Gasteiger charge is -2.27. The van der Waals surface area contributed by atoms with Crippen LogP contribution in [-0.2, 0) is 11.8 Å². The average molecular weight is 330 g/mol. The van der Waals surface area contributed by atoms with Crippen molar-refractivity contribution in [3.63, 3.8) is 0 Å². The van der Waals surface area contributed by atoms with Crippen LogP contribution in [0.1, 0.15) is 37.0 Å². The molecule has 1 aromatic heterocycles. The van der Waals surface area contributed by atoms with E-state index in [2.05, 4.69) is 5.32 Å². The van der Waals surface area contributed by atoms with Crippen molar-refractivity contribution in [3.8, 4) is 0 Å². The highest BCUT2D eigenvalue weighted by Gasteiger charge is 2.35. The Morgan fingerprint density at radius 1 is 1.21 bits per heavy atom. The third kappa shape index (κ3) is 3.04. The molecule has 0 radical (unpaired) electrons. The molecule has 0 unspecified atom stereocenters. The first-order chi connectivity index (χ1) is 11.4. The van der Waals surface area contributed by atoms with Crippen molar-refractivity contribution < 1.29 is 14.7 Å². The summed E-state index contributed by atoms with van der Waals surface area (Å²) in [7, 11) is 1.65. The van der Waals surface area contributed by atoms with Crippen LogP contribution in [0, 0.1) is 5.41 Å². The maximum Gasteiger partial charge on any atom is 0.311 e. The van der Waals surface area contributed by atoms with Crippen molar-refractivity contribution >= 4 is 22.8 Å². The molecule has 0 fully saturated rings. The number of carboxylic acids is 1. The molecule has 0 aliphatic carbocycles. The summed E-state index contributed by atoms with van der Waals surface area (Å²) >= 11 is 0. The van der Waals surface area contributed by atoms with Gasteiger partial charge in [-0.1, -0.05) is 32.0 Å². The minimum Gasteiger partial charge on any atom is -0.481 e. The number of rotatable bonds is 6. The van der Waals surface area contributed by atoms with Crippen LogP contribution in [0.25, 0.3) is 10.9 Å². The first kappa shape index (κ1) is 17.7. The summed E-state index contributed by atoms with van der Waals surface area (Å²) in [5.74, 6) is -1.36. The second-order valence-corrected chi connectivity index (χ2v) is 5.95. The van der Waals surface area contributed by atoms with Crippen LogP contribution in [0.4, 0.5) is 0 Å². The maximum absolute atomic E-state index is 12.6. The highest BCUT2D eigenvalue weighted by atomic mass is 16.4. The van der Waals surface area contributed by atoms with Gasteiger partial charge in [0.05, 0.1) is 16.5 Å². The number of fused-ring (bicyclic) bond motifs is 1. The lowest BCUT2D eigenvalue weighted by atomic mass is 9.82. The number of benzene rings is 1. The summed E-state index contributed by atoms with van der Waals surface area (Å²) in [5, 5.41) is 12.8. The molecule has 2 N–H and O–H groups in total. The molecular formula is C18H22N2O4. The summed E-state index contributed by atoms with van der Waals surface area (Å²) in [6, 6.07) is 8.43. The Morgan fingerprint density at radius 3 is 2.42 bits per heavy atom. The van der Waals surface area contributed by atoms with Gasteiger partial charge in [0, 0.05) is 25.0 Å². The van der Waals surface area contributed by atoms with Gasteiger partial charge in [-0.3, -0.25) is 14.4 Å². The van der Waals surface area contributed by atoms with Gasteiger partial charge < -0.3 is 15.0 Å². The van der Waals surface area contributed by atoms with Crippen molar-refractivity contribution in [1.29, 1.82) is 0 Å². The number of carbonyl (C=O) groups is 2. The second-order valence-electron chi connectivity index (χ2n) is 5.95. The van der Waals surface area contributed by atoms with Gasteiger partial charge in [-0.15, -0.1) is 0 Å². The van der Waals surface area contributed by atoms with E-state index in [1.54, 1.807) is 45.2 Å². The topological polar surface area (TPSA) is 88.4 Å². The Balaban J connectivity index is 2.38. The number of hydrogen-bond donors (Lipinski definition) is 2. The first-order valence-electron chi connectivity index (χ1n) is 7.96. The Labute approximate surface area is 140 Å². The van der Waals surface area contributed by atoms with E-state index in [1.807, 2.05) is 0 Å². The molecule has 0 atom stereocenters. The van der Waals surface area contributed by atoms with Crippen LogP contribution in [0.5, 0.6) is 0 Å². The molecule has 2 rings (SSSR count). The van der Waals surface area contributed by atoms with Crippen molar-refractivity contribution in [1.82, 2.24) is 9.88 Å². The molecule has 0 saturated heterocycles. The van der Waals surface area contributed by atoms with Crippen LogP contribution in [-0.4, -0.2) is 28.1 Å². The maximum atomic E-state index is 12.6. The third-order valence-electron chi connectivity index (χ3n) is 4.79. The monoisotopic (exact) mass is 330 g/mol. The second kappa shape index (κ2) is 6.86. The number of carbonyl (C=O) groups excluding carboxylic acids is 1. The zero-order valence-electron chi connectivity index (χ0n) is 14.1. The van der Waals surface area contributed by atoms with Gasteiger partial charge >= 0.3 is 5.97 Å². The minimum absolute atomic E-state index is 0.0255. The Hall–Kier alpha value is -2.63. The summed E-state index contributed by atoms with van der Waals surface area (Å²) in [6.07, 6.45) is 0.826. The number of nitrogens with zero attached hydrogens (tertiary/aromatic N) is 1. The summed E-state index contributed by atoms with van der Waals surface area (Å²) in [5.41, 5.74) is -0.356. The smallest absolute Gasteiger partial charge is 0.311 e. The number of amides is 1. The van der Waals surface area contributed by atoms with Crippen molar-refractivity contribution in [2.24, 2.45) is 12.5 Å². The number of pyridine rings is 1. The van der Waals surface area contributed by atoms with Crippen LogP contribution in [0.2, 0.25) is 0 Å². The molecule has 0 aliphatic heterocycles. The first-order valence-corrected chi connectivity index (χ1v) is 7.96. The van der Waals surface area contributed by atoms with E-state index in [-0.39, 0.29) is 17.7 Å². The van der Waals surface area contributed by atoms with Gasteiger partial charge in [-0.05, 0) is 18.9 Å². The molecule has 0 saturated carbocycles. The summed E-state index contributed by atoms with van der Waals surface area (Å²) < 4.78 is 1.48. The quantitative estimate of drug-likeness (QED) is 0.849. The fourth-order valence-corrected chi connectivity index (χ4v) is 2.82. The van der Waals surface area contributed by atoms with E-state index in [4.69, 9.17) is 0 Å². The van der Waals surface area contributed by atoms with Gasteiger partial charge in [0.15, 0.2) is 0 Å². The highest BCUT2D eigenvalue weighted by molar-refractivity contribution is 6.06. The van der Waals surface area contributed by atoms with E-state index < -0.39 is 17.3 Å². The van der Waals surface area contributed by atoms with E-state index >= 15 is 0 Å². The number of carboxylic acid groups (broad SMARTS) is 1. The number of nitrogens with one attached hydrogen (secondary N) is 1. The number of aliphatic carboxylic acids is 1. The molecule has 0 bridgehead atoms. The Morgan fingerprint density at radius 2 is 1.83 bits per heavy atom. The van der Waals surface area contributed by atoms with Crippen molar-refractivity contribution in [3.05, 3.63) is 46.2 Å². The lowest BCUT2D eigenvalue weighted by molar-refractivity contribution is -0.149. The van der Waals surface area contributed by atoms with Crippen LogP contribution in [0.15, 0.2) is 35.1 Å². The normalized spacial score (nSPS) is 11.5. The summed E-state index contributed by atoms with van der Waals surface area (Å²) in [6.45, 7) is 3.60. The van der Waals surface area contributed by atoms with Crippen LogP contribution >= 0.6 is 0 Å². The fourth-order valence-electron chi connectivity index (χ4n) is 2.82. The zero-order chi connectivity index (χ0) is 17.9. The molecule has 6 heteroatoms. The molecule has 128 valence electrons. The van der Waals surface area contributed by atoms with Gasteiger partial charge in [0.1, 0.15) is 0 Å². The molecule has 6 nitrogen and oxygen atoms in total. The molecule has 1 amide bonds. The van der Waals surface area contributed by atoms with Crippen LogP contribution in [0.3, 0.4) is 0 Å². The Kier molecular flexibility index (Phi) is 5.07. The van der Waals surface area contributed by atoms with Gasteiger partial charge in [0.2, 0.25) is 0 Å². The van der Waals surface area contributed by atoms with Gasteiger partial charge in [-0.2, -0.15) is 0 Å². The predicted molar refractivity (Wildman–Crippen MR) is 92.2 cm³/mol. The predicted octanol–water partition coefficient (Wildman–Crippen LogP) is 2.16. The SMILES string of the molecule is CCC(CC)(CNC(=O)c1cc(=O)n(C)c2ccccc12)C(=O)O. The molecular weight excluding hydrogens is 308 g/mol. The van der Waals surface area contributed by atoms with Crippen molar-refractivity contribution in [2.75, 3.05) is 6.54 Å². The van der Waals surface area contributed by atoms with E-state index in [9.17, 15) is 19.5 Å². The largest absolute Gasteiger partial charge is 0.481 e. The van der Waals surface area contributed by atoms with Gasteiger partial charge in [0.25, 0.3) is 11.5 Å². The zero-order valence-corrected chi connectivity index (χ0v) is 14.1. The fraction of sp³-hybridized carbons (Fsp3) is 0.389. The minimum atomic E-state index is -0.995. The number of aryl methyl sites for hydroxylation is 1. The average Bonchev–Trinajstić information content (AvgIpc) is 2.59.